The second-order valence-electron chi connectivity index (χ2n) is 5.85. The van der Waals surface area contributed by atoms with E-state index in [4.69, 9.17) is 0 Å². The Morgan fingerprint density at radius 3 is 2.50 bits per heavy atom. The van der Waals surface area contributed by atoms with Crippen LogP contribution in [0.2, 0.25) is 0 Å². The normalized spacial score (nSPS) is 28.1. The Morgan fingerprint density at radius 2 is 2.00 bits per heavy atom. The van der Waals surface area contributed by atoms with Crippen LogP contribution < -0.4 is 5.32 Å². The Bertz CT molecular complexity index is 193. The molecule has 0 aromatic heterocycles. The first-order valence-corrected chi connectivity index (χ1v) is 6.98. The topological polar surface area (TPSA) is 15.3 Å². The average molecular weight is 226 g/mol. The first-order valence-electron chi connectivity index (χ1n) is 6.98. The Kier molecular flexibility index (Phi) is 5.77. The van der Waals surface area contributed by atoms with E-state index in [1.54, 1.807) is 0 Å². The SMILES string of the molecule is CCCNC(C)CC(C)N(C)CC1CC1C. The highest BCUT2D eigenvalue weighted by Gasteiger charge is 2.33. The highest BCUT2D eigenvalue weighted by Crippen LogP contribution is 2.38. The molecular weight excluding hydrogens is 196 g/mol. The molecule has 1 N–H and O–H groups in total. The van der Waals surface area contributed by atoms with E-state index in [1.165, 1.54) is 25.8 Å². The van der Waals surface area contributed by atoms with Crippen molar-refractivity contribution in [1.29, 1.82) is 0 Å². The van der Waals surface area contributed by atoms with Gasteiger partial charge in [0.05, 0.1) is 0 Å². The third-order valence-electron chi connectivity index (χ3n) is 3.99. The molecule has 0 saturated heterocycles. The van der Waals surface area contributed by atoms with Crippen LogP contribution in [-0.4, -0.2) is 37.1 Å². The third-order valence-corrected chi connectivity index (χ3v) is 3.99. The van der Waals surface area contributed by atoms with E-state index in [1.807, 2.05) is 0 Å². The van der Waals surface area contributed by atoms with Gasteiger partial charge in [-0.3, -0.25) is 0 Å². The molecule has 1 saturated carbocycles. The number of nitrogens with one attached hydrogen (secondary N) is 1. The van der Waals surface area contributed by atoms with Crippen LogP contribution in [0.4, 0.5) is 0 Å². The highest BCUT2D eigenvalue weighted by atomic mass is 15.1. The lowest BCUT2D eigenvalue weighted by Crippen LogP contribution is -2.38. The minimum atomic E-state index is 0.647. The van der Waals surface area contributed by atoms with Gasteiger partial charge in [0, 0.05) is 18.6 Å². The molecule has 1 aliphatic carbocycles. The Morgan fingerprint density at radius 1 is 1.38 bits per heavy atom. The number of nitrogens with zero attached hydrogens (tertiary/aromatic N) is 1. The van der Waals surface area contributed by atoms with Crippen molar-refractivity contribution in [2.45, 2.75) is 59.0 Å². The van der Waals surface area contributed by atoms with Crippen molar-refractivity contribution in [3.8, 4) is 0 Å². The van der Waals surface area contributed by atoms with Crippen LogP contribution in [0.15, 0.2) is 0 Å². The molecule has 2 nitrogen and oxygen atoms in total. The van der Waals surface area contributed by atoms with Crippen LogP contribution in [0.25, 0.3) is 0 Å². The van der Waals surface area contributed by atoms with Gasteiger partial charge in [0.1, 0.15) is 0 Å². The lowest BCUT2D eigenvalue weighted by Gasteiger charge is -2.27. The molecule has 1 fully saturated rings. The van der Waals surface area contributed by atoms with Crippen LogP contribution in [0, 0.1) is 11.8 Å². The van der Waals surface area contributed by atoms with Gasteiger partial charge in [-0.1, -0.05) is 13.8 Å². The molecule has 0 aromatic carbocycles. The van der Waals surface area contributed by atoms with Crippen LogP contribution in [-0.2, 0) is 0 Å². The van der Waals surface area contributed by atoms with Crippen molar-refractivity contribution < 1.29 is 0 Å². The van der Waals surface area contributed by atoms with Crippen LogP contribution in [0.1, 0.15) is 47.0 Å². The van der Waals surface area contributed by atoms with E-state index in [2.05, 4.69) is 45.0 Å². The summed E-state index contributed by atoms with van der Waals surface area (Å²) in [6.07, 6.45) is 3.94. The van der Waals surface area contributed by atoms with E-state index in [0.717, 1.165) is 18.4 Å². The van der Waals surface area contributed by atoms with Crippen LogP contribution >= 0.6 is 0 Å². The maximum absolute atomic E-state index is 3.57. The van der Waals surface area contributed by atoms with Gasteiger partial charge < -0.3 is 10.2 Å². The monoisotopic (exact) mass is 226 g/mol. The molecule has 1 aliphatic rings. The molecule has 4 unspecified atom stereocenters. The minimum Gasteiger partial charge on any atom is -0.314 e. The van der Waals surface area contributed by atoms with Crippen molar-refractivity contribution >= 4 is 0 Å². The second kappa shape index (κ2) is 6.61. The van der Waals surface area contributed by atoms with Gasteiger partial charge in [-0.05, 0) is 58.5 Å². The zero-order valence-electron chi connectivity index (χ0n) is 11.8. The van der Waals surface area contributed by atoms with Gasteiger partial charge in [0.15, 0.2) is 0 Å². The predicted molar refractivity (Wildman–Crippen MR) is 71.7 cm³/mol. The lowest BCUT2D eigenvalue weighted by molar-refractivity contribution is 0.219. The van der Waals surface area contributed by atoms with Crippen molar-refractivity contribution in [2.24, 2.45) is 11.8 Å². The largest absolute Gasteiger partial charge is 0.314 e. The summed E-state index contributed by atoms with van der Waals surface area (Å²) in [6.45, 7) is 11.7. The molecule has 0 amide bonds. The summed E-state index contributed by atoms with van der Waals surface area (Å²) >= 11 is 0. The maximum Gasteiger partial charge on any atom is 0.00787 e. The van der Waals surface area contributed by atoms with Crippen molar-refractivity contribution in [3.63, 3.8) is 0 Å². The molecule has 0 bridgehead atoms. The van der Waals surface area contributed by atoms with Gasteiger partial charge in [0.25, 0.3) is 0 Å². The van der Waals surface area contributed by atoms with Crippen LogP contribution in [0.5, 0.6) is 0 Å². The first kappa shape index (κ1) is 14.0. The molecule has 1 rings (SSSR count). The molecule has 96 valence electrons. The summed E-state index contributed by atoms with van der Waals surface area (Å²) < 4.78 is 0. The van der Waals surface area contributed by atoms with Gasteiger partial charge in [-0.15, -0.1) is 0 Å². The van der Waals surface area contributed by atoms with Crippen molar-refractivity contribution in [3.05, 3.63) is 0 Å². The first-order chi connectivity index (χ1) is 7.54. The fraction of sp³-hybridized carbons (Fsp3) is 1.00. The molecule has 0 aliphatic heterocycles. The Hall–Kier alpha value is -0.0800. The van der Waals surface area contributed by atoms with E-state index in [-0.39, 0.29) is 0 Å². The fourth-order valence-electron chi connectivity index (χ4n) is 2.37. The van der Waals surface area contributed by atoms with Gasteiger partial charge in [0.2, 0.25) is 0 Å². The summed E-state index contributed by atoms with van der Waals surface area (Å²) in [5.41, 5.74) is 0. The zero-order chi connectivity index (χ0) is 12.1. The predicted octanol–water partition coefficient (Wildman–Crippen LogP) is 2.74. The number of hydrogen-bond acceptors (Lipinski definition) is 2. The molecular formula is C14H30N2. The van der Waals surface area contributed by atoms with E-state index in [9.17, 15) is 0 Å². The van der Waals surface area contributed by atoms with Crippen LogP contribution in [0.3, 0.4) is 0 Å². The Labute approximate surface area is 102 Å². The fourth-order valence-corrected chi connectivity index (χ4v) is 2.37. The molecule has 4 atom stereocenters. The molecule has 2 heteroatoms. The van der Waals surface area contributed by atoms with Crippen molar-refractivity contribution in [2.75, 3.05) is 20.1 Å². The number of hydrogen-bond donors (Lipinski definition) is 1. The summed E-state index contributed by atoms with van der Waals surface area (Å²) in [5, 5.41) is 3.57. The average Bonchev–Trinajstić information content (AvgIpc) is 2.91. The zero-order valence-corrected chi connectivity index (χ0v) is 11.8. The minimum absolute atomic E-state index is 0.647. The summed E-state index contributed by atoms with van der Waals surface area (Å²) in [5.74, 6) is 1.96. The standard InChI is InChI=1S/C14H30N2/c1-6-7-15-12(3)9-13(4)16(5)10-14-8-11(14)2/h11-15H,6-10H2,1-5H3. The number of rotatable bonds is 8. The summed E-state index contributed by atoms with van der Waals surface area (Å²) in [7, 11) is 2.28. The molecule has 0 heterocycles. The third kappa shape index (κ3) is 4.84. The van der Waals surface area contributed by atoms with Gasteiger partial charge >= 0.3 is 0 Å². The van der Waals surface area contributed by atoms with Gasteiger partial charge in [-0.2, -0.15) is 0 Å². The van der Waals surface area contributed by atoms with E-state index in [0.29, 0.717) is 12.1 Å². The maximum atomic E-state index is 3.57. The summed E-state index contributed by atoms with van der Waals surface area (Å²) in [6, 6.07) is 1.35. The molecule has 16 heavy (non-hydrogen) atoms. The quantitative estimate of drug-likeness (QED) is 0.684. The molecule has 0 spiro atoms. The van der Waals surface area contributed by atoms with E-state index >= 15 is 0 Å². The Balaban J connectivity index is 2.14. The van der Waals surface area contributed by atoms with E-state index < -0.39 is 0 Å². The smallest absolute Gasteiger partial charge is 0.00787 e. The second-order valence-corrected chi connectivity index (χ2v) is 5.85. The lowest BCUT2D eigenvalue weighted by atomic mass is 10.1. The van der Waals surface area contributed by atoms with Crippen molar-refractivity contribution in [1.82, 2.24) is 10.2 Å². The molecule has 0 aromatic rings. The highest BCUT2D eigenvalue weighted by molar-refractivity contribution is 4.85. The summed E-state index contributed by atoms with van der Waals surface area (Å²) in [4.78, 5) is 2.54. The van der Waals surface area contributed by atoms with Gasteiger partial charge in [-0.25, -0.2) is 0 Å². The molecule has 0 radical (unpaired) electrons.